The van der Waals surface area contributed by atoms with Crippen molar-refractivity contribution in [1.29, 1.82) is 0 Å². The Morgan fingerprint density at radius 1 is 1.69 bits per heavy atom. The summed E-state index contributed by atoms with van der Waals surface area (Å²) in [6.45, 7) is 1.31. The number of hydrogen-bond acceptors (Lipinski definition) is 2. The normalized spacial score (nSPS) is 14.7. The highest BCUT2D eigenvalue weighted by Gasteiger charge is 2.23. The van der Waals surface area contributed by atoms with Gasteiger partial charge in [0.25, 0.3) is 0 Å². The lowest BCUT2D eigenvalue weighted by molar-refractivity contribution is -0.131. The number of alkyl halides is 1. The first kappa shape index (κ1) is 8.56. The Kier molecular flexibility index (Phi) is 2.22. The van der Waals surface area contributed by atoms with Gasteiger partial charge in [0.05, 0.1) is 18.4 Å². The SMILES string of the molecule is O=C(CCCl)N1Cc2cn[nH]c2C1. The first-order valence-electron chi connectivity index (χ1n) is 4.16. The Balaban J connectivity index is 2.01. The van der Waals surface area contributed by atoms with Gasteiger partial charge < -0.3 is 4.90 Å². The number of fused-ring (bicyclic) bond motifs is 1. The standard InChI is InChI=1S/C8H10ClN3O/c9-2-1-8(13)12-4-6-3-10-11-7(6)5-12/h3H,1-2,4-5H2,(H,10,11). The van der Waals surface area contributed by atoms with E-state index >= 15 is 0 Å². The minimum absolute atomic E-state index is 0.111. The predicted molar refractivity (Wildman–Crippen MR) is 48.2 cm³/mol. The van der Waals surface area contributed by atoms with E-state index in [2.05, 4.69) is 10.2 Å². The average Bonchev–Trinajstić information content (AvgIpc) is 2.61. The lowest BCUT2D eigenvalue weighted by Crippen LogP contribution is -2.25. The van der Waals surface area contributed by atoms with E-state index in [1.54, 1.807) is 11.1 Å². The van der Waals surface area contributed by atoms with Crippen molar-refractivity contribution in [3.05, 3.63) is 17.5 Å². The third kappa shape index (κ3) is 1.54. The molecule has 0 saturated carbocycles. The van der Waals surface area contributed by atoms with Gasteiger partial charge in [-0.3, -0.25) is 9.89 Å². The van der Waals surface area contributed by atoms with Crippen molar-refractivity contribution in [3.63, 3.8) is 0 Å². The van der Waals surface area contributed by atoms with Crippen LogP contribution in [0.25, 0.3) is 0 Å². The lowest BCUT2D eigenvalue weighted by atomic mass is 10.3. The molecule has 1 aromatic rings. The Hall–Kier alpha value is -1.03. The smallest absolute Gasteiger partial charge is 0.224 e. The Morgan fingerprint density at radius 3 is 3.23 bits per heavy atom. The molecule has 13 heavy (non-hydrogen) atoms. The molecular weight excluding hydrogens is 190 g/mol. The maximum atomic E-state index is 11.4. The average molecular weight is 200 g/mol. The van der Waals surface area contributed by atoms with Crippen LogP contribution in [0.3, 0.4) is 0 Å². The maximum Gasteiger partial charge on any atom is 0.224 e. The number of aromatic amines is 1. The molecule has 0 atom stereocenters. The van der Waals surface area contributed by atoms with Crippen LogP contribution in [0.1, 0.15) is 17.7 Å². The molecule has 0 aliphatic carbocycles. The molecule has 0 bridgehead atoms. The second-order valence-electron chi connectivity index (χ2n) is 3.06. The summed E-state index contributed by atoms with van der Waals surface area (Å²) in [5, 5.41) is 6.76. The number of carbonyl (C=O) groups is 1. The van der Waals surface area contributed by atoms with Crippen LogP contribution in [0.2, 0.25) is 0 Å². The summed E-state index contributed by atoms with van der Waals surface area (Å²) in [5.41, 5.74) is 2.16. The van der Waals surface area contributed by atoms with E-state index in [4.69, 9.17) is 11.6 Å². The van der Waals surface area contributed by atoms with Gasteiger partial charge in [0.15, 0.2) is 0 Å². The Morgan fingerprint density at radius 2 is 2.54 bits per heavy atom. The van der Waals surface area contributed by atoms with Crippen LogP contribution in [-0.2, 0) is 17.9 Å². The third-order valence-electron chi connectivity index (χ3n) is 2.18. The number of amides is 1. The highest BCUT2D eigenvalue weighted by Crippen LogP contribution is 2.20. The minimum Gasteiger partial charge on any atom is -0.332 e. The maximum absolute atomic E-state index is 11.4. The van der Waals surface area contributed by atoms with Crippen molar-refractivity contribution in [2.24, 2.45) is 0 Å². The first-order valence-corrected chi connectivity index (χ1v) is 4.69. The van der Waals surface area contributed by atoms with Gasteiger partial charge in [0.2, 0.25) is 5.91 Å². The van der Waals surface area contributed by atoms with E-state index < -0.39 is 0 Å². The fourth-order valence-corrected chi connectivity index (χ4v) is 1.64. The Bertz CT molecular complexity index is 302. The van der Waals surface area contributed by atoms with Gasteiger partial charge in [-0.2, -0.15) is 5.10 Å². The van der Waals surface area contributed by atoms with Gasteiger partial charge in [0, 0.05) is 24.4 Å². The summed E-state index contributed by atoms with van der Waals surface area (Å²) in [5.74, 6) is 0.501. The number of hydrogen-bond donors (Lipinski definition) is 1. The molecule has 2 heterocycles. The monoisotopic (exact) mass is 199 g/mol. The second kappa shape index (κ2) is 3.38. The molecule has 1 aliphatic rings. The number of carbonyl (C=O) groups excluding carboxylic acids is 1. The van der Waals surface area contributed by atoms with Gasteiger partial charge in [-0.25, -0.2) is 0 Å². The lowest BCUT2D eigenvalue weighted by Gasteiger charge is -2.13. The van der Waals surface area contributed by atoms with E-state index in [0.29, 0.717) is 25.4 Å². The summed E-state index contributed by atoms with van der Waals surface area (Å²) < 4.78 is 0. The number of halogens is 1. The van der Waals surface area contributed by atoms with Crippen LogP contribution in [0.15, 0.2) is 6.20 Å². The van der Waals surface area contributed by atoms with E-state index in [-0.39, 0.29) is 5.91 Å². The van der Waals surface area contributed by atoms with Crippen LogP contribution < -0.4 is 0 Å². The molecule has 5 heteroatoms. The van der Waals surface area contributed by atoms with E-state index in [0.717, 1.165) is 11.3 Å². The summed E-state index contributed by atoms with van der Waals surface area (Å²) in [6, 6.07) is 0. The minimum atomic E-state index is 0.111. The molecule has 1 N–H and O–H groups in total. The van der Waals surface area contributed by atoms with Crippen LogP contribution in [0.5, 0.6) is 0 Å². The van der Waals surface area contributed by atoms with Crippen molar-refractivity contribution in [1.82, 2.24) is 15.1 Å². The van der Waals surface area contributed by atoms with E-state index in [1.807, 2.05) is 0 Å². The largest absolute Gasteiger partial charge is 0.332 e. The van der Waals surface area contributed by atoms with Crippen molar-refractivity contribution >= 4 is 17.5 Å². The summed E-state index contributed by atoms with van der Waals surface area (Å²) in [6.07, 6.45) is 2.18. The van der Waals surface area contributed by atoms with E-state index in [9.17, 15) is 4.79 Å². The van der Waals surface area contributed by atoms with Gasteiger partial charge in [-0.1, -0.05) is 0 Å². The first-order chi connectivity index (χ1) is 6.31. The van der Waals surface area contributed by atoms with Crippen molar-refractivity contribution in [2.45, 2.75) is 19.5 Å². The zero-order chi connectivity index (χ0) is 9.26. The molecule has 4 nitrogen and oxygen atoms in total. The van der Waals surface area contributed by atoms with Gasteiger partial charge in [0.1, 0.15) is 0 Å². The van der Waals surface area contributed by atoms with Gasteiger partial charge >= 0.3 is 0 Å². The van der Waals surface area contributed by atoms with Crippen LogP contribution in [0.4, 0.5) is 0 Å². The molecule has 0 spiro atoms. The predicted octanol–water partition coefficient (Wildman–Crippen LogP) is 0.881. The zero-order valence-corrected chi connectivity index (χ0v) is 7.84. The molecule has 70 valence electrons. The molecule has 0 saturated heterocycles. The number of nitrogens with zero attached hydrogens (tertiary/aromatic N) is 2. The summed E-state index contributed by atoms with van der Waals surface area (Å²) in [4.78, 5) is 13.2. The summed E-state index contributed by atoms with van der Waals surface area (Å²) in [7, 11) is 0. The Labute approximate surface area is 80.9 Å². The fraction of sp³-hybridized carbons (Fsp3) is 0.500. The fourth-order valence-electron chi connectivity index (χ4n) is 1.48. The quantitative estimate of drug-likeness (QED) is 0.719. The van der Waals surface area contributed by atoms with Crippen LogP contribution in [0, 0.1) is 0 Å². The van der Waals surface area contributed by atoms with Crippen molar-refractivity contribution in [2.75, 3.05) is 5.88 Å². The highest BCUT2D eigenvalue weighted by atomic mass is 35.5. The summed E-state index contributed by atoms with van der Waals surface area (Å²) >= 11 is 5.49. The molecule has 0 aromatic carbocycles. The molecule has 1 amide bonds. The van der Waals surface area contributed by atoms with Crippen LogP contribution >= 0.6 is 11.6 Å². The number of nitrogens with one attached hydrogen (secondary N) is 1. The molecule has 1 aromatic heterocycles. The topological polar surface area (TPSA) is 49.0 Å². The van der Waals surface area contributed by atoms with Crippen molar-refractivity contribution < 1.29 is 4.79 Å². The number of rotatable bonds is 2. The van der Waals surface area contributed by atoms with Gasteiger partial charge in [-0.15, -0.1) is 11.6 Å². The molecule has 0 unspecified atom stereocenters. The van der Waals surface area contributed by atoms with Crippen LogP contribution in [-0.4, -0.2) is 26.9 Å². The molecule has 2 rings (SSSR count). The molecule has 0 fully saturated rings. The van der Waals surface area contributed by atoms with E-state index in [1.165, 1.54) is 0 Å². The van der Waals surface area contributed by atoms with Crippen molar-refractivity contribution in [3.8, 4) is 0 Å². The molecule has 0 radical (unpaired) electrons. The second-order valence-corrected chi connectivity index (χ2v) is 3.44. The number of aromatic nitrogens is 2. The zero-order valence-electron chi connectivity index (χ0n) is 7.09. The van der Waals surface area contributed by atoms with Gasteiger partial charge in [-0.05, 0) is 0 Å². The molecular formula is C8H10ClN3O. The third-order valence-corrected chi connectivity index (χ3v) is 2.37. The molecule has 1 aliphatic heterocycles. The highest BCUT2D eigenvalue weighted by molar-refractivity contribution is 6.18. The number of H-pyrrole nitrogens is 1.